The molecule has 0 amide bonds. The Morgan fingerprint density at radius 2 is 1.83 bits per heavy atom. The molecule has 1 aromatic rings. The maximum atomic E-state index is 11.6. The molecule has 0 bridgehead atoms. The molecule has 0 spiro atoms. The van der Waals surface area contributed by atoms with E-state index in [0.717, 1.165) is 11.3 Å². The van der Waals surface area contributed by atoms with Crippen LogP contribution in [0, 0.1) is 0 Å². The molecular weight excluding hydrogens is 272 g/mol. The van der Waals surface area contributed by atoms with Crippen molar-refractivity contribution in [2.75, 3.05) is 30.6 Å². The molecule has 0 atom stereocenters. The van der Waals surface area contributed by atoms with Gasteiger partial charge in [0.15, 0.2) is 0 Å². The molecule has 1 rings (SSSR count). The van der Waals surface area contributed by atoms with Gasteiger partial charge >= 0.3 is 0 Å². The van der Waals surface area contributed by atoms with Gasteiger partial charge in [-0.25, -0.2) is 13.1 Å². The van der Waals surface area contributed by atoms with Crippen LogP contribution >= 0.6 is 11.6 Å². The molecule has 0 heterocycles. The van der Waals surface area contributed by atoms with Crippen LogP contribution in [0.1, 0.15) is 12.0 Å². The van der Waals surface area contributed by atoms with E-state index < -0.39 is 10.0 Å². The van der Waals surface area contributed by atoms with Crippen LogP contribution in [0.5, 0.6) is 0 Å². The lowest BCUT2D eigenvalue weighted by Gasteiger charge is -2.13. The molecule has 0 saturated carbocycles. The van der Waals surface area contributed by atoms with E-state index in [9.17, 15) is 8.42 Å². The molecule has 4 nitrogen and oxygen atoms in total. The van der Waals surface area contributed by atoms with E-state index in [1.54, 1.807) is 0 Å². The highest BCUT2D eigenvalue weighted by Gasteiger charge is 2.08. The summed E-state index contributed by atoms with van der Waals surface area (Å²) in [5.74, 6) is 0.435. The summed E-state index contributed by atoms with van der Waals surface area (Å²) in [5, 5.41) is 0. The number of nitrogens with zero attached hydrogens (tertiary/aromatic N) is 1. The van der Waals surface area contributed by atoms with E-state index in [-0.39, 0.29) is 5.75 Å². The van der Waals surface area contributed by atoms with Gasteiger partial charge in [0, 0.05) is 32.2 Å². The van der Waals surface area contributed by atoms with Crippen molar-refractivity contribution in [2.24, 2.45) is 0 Å². The topological polar surface area (TPSA) is 49.4 Å². The second-order valence-electron chi connectivity index (χ2n) is 4.24. The van der Waals surface area contributed by atoms with Gasteiger partial charge in [-0.2, -0.15) is 0 Å². The van der Waals surface area contributed by atoms with Crippen molar-refractivity contribution in [1.82, 2.24) is 4.72 Å². The Morgan fingerprint density at radius 1 is 1.22 bits per heavy atom. The van der Waals surface area contributed by atoms with Crippen LogP contribution in [0.4, 0.5) is 5.69 Å². The Morgan fingerprint density at radius 3 is 2.33 bits per heavy atom. The first-order chi connectivity index (χ1) is 8.44. The van der Waals surface area contributed by atoms with E-state index >= 15 is 0 Å². The summed E-state index contributed by atoms with van der Waals surface area (Å²) in [4.78, 5) is 1.99. The zero-order valence-corrected chi connectivity index (χ0v) is 12.3. The first-order valence-corrected chi connectivity index (χ1v) is 7.93. The summed E-state index contributed by atoms with van der Waals surface area (Å²) in [5.41, 5.74) is 2.03. The average Bonchev–Trinajstić information content (AvgIpc) is 2.35. The largest absolute Gasteiger partial charge is 0.378 e. The second kappa shape index (κ2) is 6.97. The van der Waals surface area contributed by atoms with Gasteiger partial charge in [0.25, 0.3) is 0 Å². The fraction of sp³-hybridized carbons (Fsp3) is 0.500. The Hall–Kier alpha value is -0.780. The molecule has 18 heavy (non-hydrogen) atoms. The minimum absolute atomic E-state index is 0.0757. The molecule has 0 aliphatic rings. The summed E-state index contributed by atoms with van der Waals surface area (Å²) in [6.45, 7) is 0.318. The van der Waals surface area contributed by atoms with Crippen molar-refractivity contribution >= 4 is 27.3 Å². The van der Waals surface area contributed by atoms with Crippen LogP contribution in [0.3, 0.4) is 0 Å². The number of nitrogens with one attached hydrogen (secondary N) is 1. The van der Waals surface area contributed by atoms with Crippen molar-refractivity contribution in [1.29, 1.82) is 0 Å². The van der Waals surface area contributed by atoms with Crippen LogP contribution in [0.25, 0.3) is 0 Å². The van der Waals surface area contributed by atoms with Crippen molar-refractivity contribution in [3.8, 4) is 0 Å². The van der Waals surface area contributed by atoms with Crippen molar-refractivity contribution in [2.45, 2.75) is 13.0 Å². The maximum Gasteiger partial charge on any atom is 0.211 e. The van der Waals surface area contributed by atoms with Gasteiger partial charge in [-0.15, -0.1) is 11.6 Å². The monoisotopic (exact) mass is 290 g/mol. The molecule has 0 fully saturated rings. The minimum atomic E-state index is -3.21. The van der Waals surface area contributed by atoms with Crippen LogP contribution < -0.4 is 9.62 Å². The number of alkyl halides is 1. The van der Waals surface area contributed by atoms with E-state index in [1.165, 1.54) is 0 Å². The molecule has 0 saturated heterocycles. The third-order valence-electron chi connectivity index (χ3n) is 2.50. The fourth-order valence-corrected chi connectivity index (χ4v) is 2.77. The quantitative estimate of drug-likeness (QED) is 0.779. The van der Waals surface area contributed by atoms with E-state index in [1.807, 2.05) is 43.3 Å². The molecule has 0 unspecified atom stereocenters. The number of hydrogen-bond acceptors (Lipinski definition) is 3. The lowest BCUT2D eigenvalue weighted by Crippen LogP contribution is -2.26. The first kappa shape index (κ1) is 15.3. The van der Waals surface area contributed by atoms with Crippen molar-refractivity contribution in [3.63, 3.8) is 0 Å². The van der Waals surface area contributed by atoms with Crippen LogP contribution in [0.2, 0.25) is 0 Å². The highest BCUT2D eigenvalue weighted by atomic mass is 35.5. The number of hydrogen-bond donors (Lipinski definition) is 1. The summed E-state index contributed by atoms with van der Waals surface area (Å²) in [6, 6.07) is 7.75. The fourth-order valence-electron chi connectivity index (χ4n) is 1.42. The predicted octanol–water partition coefficient (Wildman–Crippen LogP) is 1.80. The van der Waals surface area contributed by atoms with Gasteiger partial charge in [-0.05, 0) is 24.1 Å². The molecule has 1 N–H and O–H groups in total. The number of rotatable bonds is 7. The molecule has 0 aliphatic carbocycles. The zero-order chi connectivity index (χ0) is 13.6. The first-order valence-electron chi connectivity index (χ1n) is 5.74. The van der Waals surface area contributed by atoms with Crippen LogP contribution in [-0.4, -0.2) is 34.1 Å². The number of halogens is 1. The molecule has 0 aliphatic heterocycles. The third-order valence-corrected chi connectivity index (χ3v) is 4.17. The molecule has 0 radical (unpaired) electrons. The molecule has 102 valence electrons. The summed E-state index contributed by atoms with van der Waals surface area (Å²) in [7, 11) is 0.711. The van der Waals surface area contributed by atoms with Crippen molar-refractivity contribution in [3.05, 3.63) is 29.8 Å². The maximum absolute atomic E-state index is 11.6. The van der Waals surface area contributed by atoms with Gasteiger partial charge in [-0.1, -0.05) is 12.1 Å². The zero-order valence-electron chi connectivity index (χ0n) is 10.7. The molecule has 0 aromatic heterocycles. The molecule has 1 aromatic carbocycles. The van der Waals surface area contributed by atoms with Crippen molar-refractivity contribution < 1.29 is 8.42 Å². The number of benzene rings is 1. The van der Waals surface area contributed by atoms with E-state index in [0.29, 0.717) is 18.8 Å². The highest BCUT2D eigenvalue weighted by molar-refractivity contribution is 7.89. The van der Waals surface area contributed by atoms with Gasteiger partial charge < -0.3 is 4.90 Å². The van der Waals surface area contributed by atoms with Gasteiger partial charge in [0.1, 0.15) is 0 Å². The highest BCUT2D eigenvalue weighted by Crippen LogP contribution is 2.12. The molecular formula is C12H19ClN2O2S. The molecule has 6 heteroatoms. The summed E-state index contributed by atoms with van der Waals surface area (Å²) >= 11 is 5.47. The summed E-state index contributed by atoms with van der Waals surface area (Å²) < 4.78 is 25.7. The van der Waals surface area contributed by atoms with Crippen LogP contribution in [0.15, 0.2) is 24.3 Å². The lowest BCUT2D eigenvalue weighted by atomic mass is 10.2. The third kappa shape index (κ3) is 5.25. The normalized spacial score (nSPS) is 11.5. The predicted molar refractivity (Wildman–Crippen MR) is 76.7 cm³/mol. The smallest absolute Gasteiger partial charge is 0.211 e. The Kier molecular flexibility index (Phi) is 5.91. The minimum Gasteiger partial charge on any atom is -0.378 e. The van der Waals surface area contributed by atoms with E-state index in [4.69, 9.17) is 11.6 Å². The number of sulfonamides is 1. The standard InChI is InChI=1S/C12H19ClN2O2S/c1-15(2)12-6-4-11(5-7-12)10-14-18(16,17)9-3-8-13/h4-7,14H,3,8-10H2,1-2H3. The lowest BCUT2D eigenvalue weighted by molar-refractivity contribution is 0.580. The number of anilines is 1. The Bertz CT molecular complexity index is 457. The second-order valence-corrected chi connectivity index (χ2v) is 6.55. The Balaban J connectivity index is 2.53. The van der Waals surface area contributed by atoms with Crippen LogP contribution in [-0.2, 0) is 16.6 Å². The Labute approximate surface area is 114 Å². The SMILES string of the molecule is CN(C)c1ccc(CNS(=O)(=O)CCCCl)cc1. The summed E-state index contributed by atoms with van der Waals surface area (Å²) in [6.07, 6.45) is 0.469. The van der Waals surface area contributed by atoms with Gasteiger partial charge in [0.05, 0.1) is 5.75 Å². The van der Waals surface area contributed by atoms with E-state index in [2.05, 4.69) is 4.72 Å². The average molecular weight is 291 g/mol. The van der Waals surface area contributed by atoms with Gasteiger partial charge in [0.2, 0.25) is 10.0 Å². The van der Waals surface area contributed by atoms with Gasteiger partial charge in [-0.3, -0.25) is 0 Å².